The molecule has 0 heterocycles. The highest BCUT2D eigenvalue weighted by atomic mass is 79.9. The van der Waals surface area contributed by atoms with E-state index in [1.165, 1.54) is 13.2 Å². The Balaban J connectivity index is 2.07. The van der Waals surface area contributed by atoms with Crippen LogP contribution >= 0.6 is 27.5 Å². The highest BCUT2D eigenvalue weighted by Crippen LogP contribution is 2.28. The van der Waals surface area contributed by atoms with Crippen LogP contribution in [0.5, 0.6) is 11.5 Å². The van der Waals surface area contributed by atoms with Crippen LogP contribution in [0.25, 0.3) is 0 Å². The number of hydrogen-bond donors (Lipinski definition) is 1. The minimum absolute atomic E-state index is 0.151. The van der Waals surface area contributed by atoms with Gasteiger partial charge in [0.2, 0.25) is 0 Å². The molecule has 2 aromatic rings. The summed E-state index contributed by atoms with van der Waals surface area (Å²) in [4.78, 5) is 12.2. The van der Waals surface area contributed by atoms with Crippen molar-refractivity contribution in [2.75, 3.05) is 19.5 Å². The molecule has 4 nitrogen and oxygen atoms in total. The Morgan fingerprint density at radius 2 is 1.87 bits per heavy atom. The van der Waals surface area contributed by atoms with Gasteiger partial charge in [0.05, 0.1) is 19.2 Å². The van der Waals surface area contributed by atoms with Gasteiger partial charge in [-0.25, -0.2) is 0 Å². The largest absolute Gasteiger partial charge is 0.493 e. The molecule has 0 spiro atoms. The number of hydrogen-bond acceptors (Lipinski definition) is 4. The molecular formula is C17H15BrClNO3. The summed E-state index contributed by atoms with van der Waals surface area (Å²) in [5, 5.41) is 3.59. The molecule has 2 rings (SSSR count). The van der Waals surface area contributed by atoms with Crippen LogP contribution in [0.3, 0.4) is 0 Å². The quantitative estimate of drug-likeness (QED) is 0.555. The fourth-order valence-corrected chi connectivity index (χ4v) is 2.31. The molecule has 0 unspecified atom stereocenters. The van der Waals surface area contributed by atoms with E-state index in [9.17, 15) is 4.79 Å². The van der Waals surface area contributed by atoms with Crippen LogP contribution in [-0.2, 0) is 0 Å². The van der Waals surface area contributed by atoms with Gasteiger partial charge in [-0.1, -0.05) is 11.6 Å². The van der Waals surface area contributed by atoms with Crippen molar-refractivity contribution >= 4 is 39.0 Å². The smallest absolute Gasteiger partial charge is 0.187 e. The summed E-state index contributed by atoms with van der Waals surface area (Å²) < 4.78 is 11.2. The lowest BCUT2D eigenvalue weighted by molar-refractivity contribution is 0.104. The van der Waals surface area contributed by atoms with Crippen molar-refractivity contribution in [3.05, 3.63) is 63.7 Å². The normalized spacial score (nSPS) is 10.6. The van der Waals surface area contributed by atoms with E-state index in [0.717, 1.165) is 10.2 Å². The van der Waals surface area contributed by atoms with Crippen LogP contribution < -0.4 is 14.8 Å². The highest BCUT2D eigenvalue weighted by Gasteiger charge is 2.08. The monoisotopic (exact) mass is 395 g/mol. The lowest BCUT2D eigenvalue weighted by Crippen LogP contribution is -1.98. The Bertz CT molecular complexity index is 747. The number of carbonyl (C=O) groups is 1. The van der Waals surface area contributed by atoms with Gasteiger partial charge in [0, 0.05) is 28.0 Å². The van der Waals surface area contributed by atoms with Crippen LogP contribution in [0.4, 0.5) is 5.69 Å². The molecule has 0 atom stereocenters. The molecule has 2 aromatic carbocycles. The summed E-state index contributed by atoms with van der Waals surface area (Å²) >= 11 is 9.33. The number of rotatable bonds is 6. The summed E-state index contributed by atoms with van der Waals surface area (Å²) in [6.45, 7) is 0. The van der Waals surface area contributed by atoms with Crippen LogP contribution in [0.15, 0.2) is 53.1 Å². The van der Waals surface area contributed by atoms with Gasteiger partial charge >= 0.3 is 0 Å². The van der Waals surface area contributed by atoms with Crippen molar-refractivity contribution in [2.24, 2.45) is 0 Å². The van der Waals surface area contributed by atoms with E-state index < -0.39 is 0 Å². The standard InChI is InChI=1S/C17H15BrClNO3/c1-22-16-6-3-11(9-17(16)23-2)15(21)7-8-20-12-4-5-13(18)14(19)10-12/h3-10,20H,1-2H3/b8-7+. The lowest BCUT2D eigenvalue weighted by Gasteiger charge is -2.08. The topological polar surface area (TPSA) is 47.6 Å². The minimum atomic E-state index is -0.151. The van der Waals surface area contributed by atoms with Crippen LogP contribution in [0.1, 0.15) is 10.4 Å². The third-order valence-electron chi connectivity index (χ3n) is 3.07. The predicted molar refractivity (Wildman–Crippen MR) is 95.8 cm³/mol. The van der Waals surface area contributed by atoms with E-state index >= 15 is 0 Å². The number of ketones is 1. The molecule has 0 fully saturated rings. The lowest BCUT2D eigenvalue weighted by atomic mass is 10.1. The SMILES string of the molecule is COc1ccc(C(=O)/C=C/Nc2ccc(Br)c(Cl)c2)cc1OC. The Labute approximate surface area is 148 Å². The van der Waals surface area contributed by atoms with Gasteiger partial charge < -0.3 is 14.8 Å². The number of nitrogens with one attached hydrogen (secondary N) is 1. The van der Waals surface area contributed by atoms with E-state index in [1.54, 1.807) is 37.6 Å². The van der Waals surface area contributed by atoms with Gasteiger partial charge in [0.15, 0.2) is 17.3 Å². The van der Waals surface area contributed by atoms with E-state index in [2.05, 4.69) is 21.2 Å². The number of halogens is 2. The molecule has 0 aromatic heterocycles. The number of methoxy groups -OCH3 is 2. The number of allylic oxidation sites excluding steroid dienone is 1. The Morgan fingerprint density at radius 3 is 2.52 bits per heavy atom. The Hall–Kier alpha value is -1.98. The average Bonchev–Trinajstić information content (AvgIpc) is 2.57. The van der Waals surface area contributed by atoms with Gasteiger partial charge in [-0.3, -0.25) is 4.79 Å². The van der Waals surface area contributed by atoms with Crippen molar-refractivity contribution in [1.29, 1.82) is 0 Å². The highest BCUT2D eigenvalue weighted by molar-refractivity contribution is 9.10. The van der Waals surface area contributed by atoms with E-state index in [4.69, 9.17) is 21.1 Å². The summed E-state index contributed by atoms with van der Waals surface area (Å²) in [6.07, 6.45) is 3.01. The molecule has 0 aliphatic rings. The number of carbonyl (C=O) groups excluding carboxylic acids is 1. The summed E-state index contributed by atoms with van der Waals surface area (Å²) in [5.41, 5.74) is 1.30. The molecule has 0 aliphatic heterocycles. The van der Waals surface area contributed by atoms with Crippen LogP contribution in [0.2, 0.25) is 5.02 Å². The molecule has 0 radical (unpaired) electrons. The van der Waals surface area contributed by atoms with Gasteiger partial charge in [-0.2, -0.15) is 0 Å². The fraction of sp³-hybridized carbons (Fsp3) is 0.118. The number of benzene rings is 2. The number of ether oxygens (including phenoxy) is 2. The average molecular weight is 397 g/mol. The zero-order chi connectivity index (χ0) is 16.8. The van der Waals surface area contributed by atoms with Gasteiger partial charge in [-0.05, 0) is 52.3 Å². The maximum absolute atomic E-state index is 12.2. The maximum atomic E-state index is 12.2. The summed E-state index contributed by atoms with van der Waals surface area (Å²) in [7, 11) is 3.08. The van der Waals surface area contributed by atoms with Crippen LogP contribution in [-0.4, -0.2) is 20.0 Å². The first-order valence-electron chi connectivity index (χ1n) is 6.69. The van der Waals surface area contributed by atoms with Crippen molar-refractivity contribution in [3.8, 4) is 11.5 Å². The van der Waals surface area contributed by atoms with Gasteiger partial charge in [0.1, 0.15) is 0 Å². The molecule has 0 amide bonds. The Kier molecular flexibility index (Phi) is 6.07. The molecule has 120 valence electrons. The first-order chi connectivity index (χ1) is 11.0. The summed E-state index contributed by atoms with van der Waals surface area (Å²) in [5.74, 6) is 0.941. The second-order valence-corrected chi connectivity index (χ2v) is 5.80. The minimum Gasteiger partial charge on any atom is -0.493 e. The van der Waals surface area contributed by atoms with Gasteiger partial charge in [0.25, 0.3) is 0 Å². The summed E-state index contributed by atoms with van der Waals surface area (Å²) in [6, 6.07) is 10.5. The molecule has 23 heavy (non-hydrogen) atoms. The zero-order valence-electron chi connectivity index (χ0n) is 12.6. The van der Waals surface area contributed by atoms with Crippen molar-refractivity contribution in [3.63, 3.8) is 0 Å². The van der Waals surface area contributed by atoms with Crippen LogP contribution in [0, 0.1) is 0 Å². The molecule has 0 saturated carbocycles. The molecule has 0 aliphatic carbocycles. The number of anilines is 1. The van der Waals surface area contributed by atoms with Gasteiger partial charge in [-0.15, -0.1) is 0 Å². The maximum Gasteiger partial charge on any atom is 0.187 e. The molecule has 0 saturated heterocycles. The predicted octanol–water partition coefficient (Wildman–Crippen LogP) is 4.93. The van der Waals surface area contributed by atoms with Crippen molar-refractivity contribution in [1.82, 2.24) is 0 Å². The molecule has 0 bridgehead atoms. The van der Waals surface area contributed by atoms with Crippen molar-refractivity contribution in [2.45, 2.75) is 0 Å². The first kappa shape index (κ1) is 17.4. The second kappa shape index (κ2) is 8.04. The first-order valence-corrected chi connectivity index (χ1v) is 7.86. The molecular weight excluding hydrogens is 382 g/mol. The third kappa shape index (κ3) is 4.50. The second-order valence-electron chi connectivity index (χ2n) is 4.54. The fourth-order valence-electron chi connectivity index (χ4n) is 1.89. The Morgan fingerprint density at radius 1 is 1.13 bits per heavy atom. The third-order valence-corrected chi connectivity index (χ3v) is 4.30. The van der Waals surface area contributed by atoms with E-state index in [1.807, 2.05) is 12.1 Å². The molecule has 1 N–H and O–H groups in total. The van der Waals surface area contributed by atoms with E-state index in [-0.39, 0.29) is 5.78 Å². The van der Waals surface area contributed by atoms with Crippen molar-refractivity contribution < 1.29 is 14.3 Å². The molecule has 6 heteroatoms. The van der Waals surface area contributed by atoms with E-state index in [0.29, 0.717) is 22.1 Å². The zero-order valence-corrected chi connectivity index (χ0v) is 14.9.